The van der Waals surface area contributed by atoms with Crippen molar-refractivity contribution in [1.29, 1.82) is 0 Å². The van der Waals surface area contributed by atoms with Gasteiger partial charge in [0.15, 0.2) is 0 Å². The van der Waals surface area contributed by atoms with Crippen LogP contribution in [0.3, 0.4) is 0 Å². The van der Waals surface area contributed by atoms with Gasteiger partial charge in [-0.25, -0.2) is 4.79 Å². The number of allylic oxidation sites excluding steroid dienone is 4. The van der Waals surface area contributed by atoms with Crippen molar-refractivity contribution < 1.29 is 48.5 Å². The van der Waals surface area contributed by atoms with Crippen LogP contribution >= 0.6 is 0 Å². The number of hydrogen-bond acceptors (Lipinski definition) is 12. The second kappa shape index (κ2) is 27.7. The predicted molar refractivity (Wildman–Crippen MR) is 185 cm³/mol. The van der Waals surface area contributed by atoms with Gasteiger partial charge in [-0.15, -0.1) is 0 Å². The third-order valence-corrected chi connectivity index (χ3v) is 7.42. The quantitative estimate of drug-likeness (QED) is 0.0399. The first-order valence-corrected chi connectivity index (χ1v) is 16.2. The average Bonchev–Trinajstić information content (AvgIpc) is 3.08. The normalized spacial score (nSPS) is 14.7. The fraction of sp³-hybridized carbons (Fsp3) is 0.571. The first-order valence-electron chi connectivity index (χ1n) is 16.2. The highest BCUT2D eigenvalue weighted by Crippen LogP contribution is 2.36. The third kappa shape index (κ3) is 18.9. The fourth-order valence-corrected chi connectivity index (χ4v) is 4.41. The minimum Gasteiger partial charge on any atom is -0.447 e. The molecule has 0 aromatic heterocycles. The number of ether oxygens (including phenoxy) is 6. The lowest BCUT2D eigenvalue weighted by molar-refractivity contribution is -0.146. The molecule has 0 radical (unpaired) electrons. The van der Waals surface area contributed by atoms with Crippen molar-refractivity contribution in [1.82, 2.24) is 10.6 Å². The van der Waals surface area contributed by atoms with Gasteiger partial charge in [0.05, 0.1) is 51.3 Å². The molecule has 0 aliphatic rings. The van der Waals surface area contributed by atoms with E-state index in [1.54, 1.807) is 49.7 Å². The highest BCUT2D eigenvalue weighted by Gasteiger charge is 2.45. The molecule has 0 bridgehead atoms. The minimum atomic E-state index is -1.31. The largest absolute Gasteiger partial charge is 0.447 e. The molecule has 13 nitrogen and oxygen atoms in total. The maximum Gasteiger partial charge on any atom is 0.411 e. The standard InChI is InChI=1S/C35H57N3O10/c1-5-7-16-36-27-46-23-21-43-18-13-31(39)35(4,32(40)14-19-44-22-24-47-28-37-17-8-6-2)33(41)15-20-45-25-26-48-34(42)38-30-12-10-9-11-29(30)3/h5-12,16-17,31-33,36-37,39-41H,1-2,13-15,18-28H2,3-4H3,(H,38,42)/b16-7+,17-8+. The molecule has 6 N–H and O–H groups in total. The van der Waals surface area contributed by atoms with Crippen molar-refractivity contribution in [3.05, 3.63) is 79.7 Å². The summed E-state index contributed by atoms with van der Waals surface area (Å²) < 4.78 is 32.8. The van der Waals surface area contributed by atoms with Crippen molar-refractivity contribution in [3.8, 4) is 0 Å². The Morgan fingerprint density at radius 3 is 1.62 bits per heavy atom. The molecule has 1 rings (SSSR count). The molecule has 0 fully saturated rings. The Bertz CT molecular complexity index is 1020. The molecule has 0 saturated carbocycles. The van der Waals surface area contributed by atoms with Crippen LogP contribution in [0.2, 0.25) is 0 Å². The van der Waals surface area contributed by atoms with Gasteiger partial charge in [-0.05, 0) is 62.4 Å². The van der Waals surface area contributed by atoms with Crippen molar-refractivity contribution in [3.63, 3.8) is 0 Å². The van der Waals surface area contributed by atoms with E-state index in [-0.39, 0.29) is 52.3 Å². The van der Waals surface area contributed by atoms with Gasteiger partial charge >= 0.3 is 6.09 Å². The van der Waals surface area contributed by atoms with E-state index in [2.05, 4.69) is 29.1 Å². The molecule has 1 aromatic rings. The number of carbonyl (C=O) groups excluding carboxylic acids is 1. The van der Waals surface area contributed by atoms with Crippen LogP contribution in [0.15, 0.2) is 74.1 Å². The van der Waals surface area contributed by atoms with Crippen LogP contribution in [0, 0.1) is 12.3 Å². The number of aryl methyl sites for hydroxylation is 1. The predicted octanol–water partition coefficient (Wildman–Crippen LogP) is 3.38. The van der Waals surface area contributed by atoms with Crippen LogP contribution in [0.1, 0.15) is 31.7 Å². The number of anilines is 1. The molecule has 0 aliphatic heterocycles. The van der Waals surface area contributed by atoms with Crippen LogP contribution in [-0.2, 0) is 28.4 Å². The Kier molecular flexibility index (Phi) is 24.6. The monoisotopic (exact) mass is 679 g/mol. The molecular formula is C35H57N3O10. The van der Waals surface area contributed by atoms with E-state index in [1.165, 1.54) is 0 Å². The van der Waals surface area contributed by atoms with Gasteiger partial charge in [-0.3, -0.25) is 5.32 Å². The van der Waals surface area contributed by atoms with Gasteiger partial charge in [0.1, 0.15) is 20.1 Å². The summed E-state index contributed by atoms with van der Waals surface area (Å²) >= 11 is 0. The summed E-state index contributed by atoms with van der Waals surface area (Å²) in [5, 5.41) is 42.2. The minimum absolute atomic E-state index is 0.0155. The molecule has 1 aromatic carbocycles. The van der Waals surface area contributed by atoms with E-state index in [9.17, 15) is 20.1 Å². The Labute approximate surface area is 285 Å². The van der Waals surface area contributed by atoms with E-state index in [0.29, 0.717) is 45.6 Å². The van der Waals surface area contributed by atoms with Gasteiger partial charge < -0.3 is 54.4 Å². The Hall–Kier alpha value is -3.27. The highest BCUT2D eigenvalue weighted by atomic mass is 16.6. The summed E-state index contributed by atoms with van der Waals surface area (Å²) in [6, 6.07) is 7.36. The second-order valence-corrected chi connectivity index (χ2v) is 10.9. The lowest BCUT2D eigenvalue weighted by atomic mass is 9.71. The molecule has 0 saturated heterocycles. The lowest BCUT2D eigenvalue weighted by Crippen LogP contribution is -2.52. The molecular weight excluding hydrogens is 622 g/mol. The molecule has 0 aliphatic carbocycles. The molecule has 3 unspecified atom stereocenters. The van der Waals surface area contributed by atoms with Crippen LogP contribution in [0.4, 0.5) is 10.5 Å². The molecule has 1 amide bonds. The van der Waals surface area contributed by atoms with E-state index >= 15 is 0 Å². The third-order valence-electron chi connectivity index (χ3n) is 7.42. The maximum atomic E-state index is 12.1. The van der Waals surface area contributed by atoms with Gasteiger partial charge in [0.2, 0.25) is 0 Å². The lowest BCUT2D eigenvalue weighted by Gasteiger charge is -2.42. The summed E-state index contributed by atoms with van der Waals surface area (Å²) in [7, 11) is 0. The molecule has 48 heavy (non-hydrogen) atoms. The Balaban J connectivity index is 2.52. The highest BCUT2D eigenvalue weighted by molar-refractivity contribution is 5.85. The fourth-order valence-electron chi connectivity index (χ4n) is 4.41. The molecule has 13 heteroatoms. The van der Waals surface area contributed by atoms with Crippen LogP contribution in [-0.4, -0.2) is 113 Å². The van der Waals surface area contributed by atoms with E-state index < -0.39 is 29.8 Å². The number of amides is 1. The number of benzene rings is 1. The van der Waals surface area contributed by atoms with Gasteiger partial charge in [0.25, 0.3) is 0 Å². The molecule has 3 atom stereocenters. The zero-order chi connectivity index (χ0) is 35.3. The number of para-hydroxylation sites is 1. The first-order chi connectivity index (χ1) is 23.3. The van der Waals surface area contributed by atoms with E-state index in [0.717, 1.165) is 5.56 Å². The van der Waals surface area contributed by atoms with E-state index in [4.69, 9.17) is 28.4 Å². The van der Waals surface area contributed by atoms with Crippen LogP contribution < -0.4 is 16.0 Å². The number of rotatable bonds is 30. The summed E-state index contributed by atoms with van der Waals surface area (Å²) in [4.78, 5) is 12.1. The van der Waals surface area contributed by atoms with Crippen molar-refractivity contribution in [2.45, 2.75) is 51.4 Å². The summed E-state index contributed by atoms with van der Waals surface area (Å²) in [5.41, 5.74) is 0.265. The van der Waals surface area contributed by atoms with Crippen LogP contribution in [0.25, 0.3) is 0 Å². The van der Waals surface area contributed by atoms with Gasteiger partial charge in [-0.2, -0.15) is 0 Å². The Morgan fingerprint density at radius 2 is 1.17 bits per heavy atom. The smallest absolute Gasteiger partial charge is 0.411 e. The van der Waals surface area contributed by atoms with Crippen molar-refractivity contribution in [2.75, 3.05) is 78.2 Å². The van der Waals surface area contributed by atoms with Gasteiger partial charge in [-0.1, -0.05) is 50.4 Å². The number of nitrogens with one attached hydrogen (secondary N) is 3. The Morgan fingerprint density at radius 1 is 0.729 bits per heavy atom. The topological polar surface area (TPSA) is 169 Å². The number of carbonyl (C=O) groups is 1. The maximum absolute atomic E-state index is 12.1. The molecule has 0 heterocycles. The average molecular weight is 680 g/mol. The molecule has 0 spiro atoms. The summed E-state index contributed by atoms with van der Waals surface area (Å²) in [6.45, 7) is 13.3. The van der Waals surface area contributed by atoms with Crippen molar-refractivity contribution >= 4 is 11.8 Å². The van der Waals surface area contributed by atoms with Gasteiger partial charge in [0, 0.05) is 30.9 Å². The van der Waals surface area contributed by atoms with E-state index in [1.807, 2.05) is 25.1 Å². The number of aliphatic hydroxyl groups excluding tert-OH is 3. The zero-order valence-electron chi connectivity index (χ0n) is 28.5. The summed E-state index contributed by atoms with van der Waals surface area (Å²) in [5.74, 6) is 0. The second-order valence-electron chi connectivity index (χ2n) is 10.9. The number of hydrogen-bond donors (Lipinski definition) is 6. The SMILES string of the molecule is C=C/C=C/NCOCCOCCC(O)C(C)(C(O)CCOCCOCN/C=C/C=C)C(O)CCOCCOC(=O)Nc1ccccc1C. The number of aliphatic hydroxyl groups is 3. The summed E-state index contributed by atoms with van der Waals surface area (Å²) in [6.07, 6.45) is 6.81. The van der Waals surface area contributed by atoms with Crippen LogP contribution in [0.5, 0.6) is 0 Å². The zero-order valence-corrected chi connectivity index (χ0v) is 28.5. The van der Waals surface area contributed by atoms with Crippen molar-refractivity contribution in [2.24, 2.45) is 5.41 Å². The molecule has 272 valence electrons. The first kappa shape index (κ1) is 42.8.